The van der Waals surface area contributed by atoms with Gasteiger partial charge in [-0.1, -0.05) is 62.3 Å². The molecule has 1 aliphatic carbocycles. The minimum atomic E-state index is 0.293. The van der Waals surface area contributed by atoms with Crippen molar-refractivity contribution in [3.63, 3.8) is 0 Å². The lowest BCUT2D eigenvalue weighted by Gasteiger charge is -2.56. The lowest BCUT2D eigenvalue weighted by molar-refractivity contribution is -0.0616. The van der Waals surface area contributed by atoms with Crippen LogP contribution < -0.4 is 5.73 Å². The number of nitrogens with two attached hydrogens (primary N) is 1. The van der Waals surface area contributed by atoms with Gasteiger partial charge in [0.2, 0.25) is 0 Å². The van der Waals surface area contributed by atoms with Gasteiger partial charge in [0.25, 0.3) is 0 Å². The summed E-state index contributed by atoms with van der Waals surface area (Å²) >= 11 is 0. The van der Waals surface area contributed by atoms with Crippen LogP contribution in [0.2, 0.25) is 0 Å². The molecule has 0 heterocycles. The van der Waals surface area contributed by atoms with E-state index in [4.69, 9.17) is 5.73 Å². The molecule has 0 amide bonds. The van der Waals surface area contributed by atoms with Gasteiger partial charge in [0.05, 0.1) is 0 Å². The van der Waals surface area contributed by atoms with E-state index in [9.17, 15) is 0 Å². The Kier molecular flexibility index (Phi) is 4.53. The van der Waals surface area contributed by atoms with Crippen LogP contribution in [0.15, 0.2) is 0 Å². The lowest BCUT2D eigenvalue weighted by Crippen LogP contribution is -2.55. The summed E-state index contributed by atoms with van der Waals surface area (Å²) in [6.45, 7) is 21.6. The SMILES string of the molecule is CC(C)(C)C1CCC(N)C(C(C)(C)C)C1C(C)(C)C. The van der Waals surface area contributed by atoms with E-state index in [0.29, 0.717) is 34.1 Å². The molecule has 0 aromatic rings. The molecular formula is C18H37N. The maximum Gasteiger partial charge on any atom is 0.00752 e. The Bertz CT molecular complexity index is 297. The largest absolute Gasteiger partial charge is 0.327 e. The van der Waals surface area contributed by atoms with E-state index >= 15 is 0 Å². The van der Waals surface area contributed by atoms with Gasteiger partial charge in [-0.05, 0) is 46.8 Å². The minimum Gasteiger partial charge on any atom is -0.327 e. The van der Waals surface area contributed by atoms with Gasteiger partial charge in [-0.2, -0.15) is 0 Å². The summed E-state index contributed by atoms with van der Waals surface area (Å²) in [5.41, 5.74) is 7.55. The predicted octanol–water partition coefficient (Wildman–Crippen LogP) is 5.09. The highest BCUT2D eigenvalue weighted by Crippen LogP contribution is 2.55. The third-order valence-electron chi connectivity index (χ3n) is 5.21. The molecule has 0 spiro atoms. The molecule has 19 heavy (non-hydrogen) atoms. The van der Waals surface area contributed by atoms with Crippen LogP contribution in [0.4, 0.5) is 0 Å². The second kappa shape index (κ2) is 5.06. The van der Waals surface area contributed by atoms with Crippen LogP contribution >= 0.6 is 0 Å². The van der Waals surface area contributed by atoms with Crippen molar-refractivity contribution < 1.29 is 0 Å². The molecule has 0 aliphatic heterocycles. The zero-order chi connectivity index (χ0) is 15.2. The van der Waals surface area contributed by atoms with Crippen molar-refractivity contribution >= 4 is 0 Å². The monoisotopic (exact) mass is 267 g/mol. The average Bonchev–Trinajstić information content (AvgIpc) is 2.11. The van der Waals surface area contributed by atoms with Crippen LogP contribution in [0.1, 0.15) is 75.2 Å². The molecule has 0 aromatic heterocycles. The molecule has 0 aromatic carbocycles. The van der Waals surface area contributed by atoms with Crippen molar-refractivity contribution in [2.45, 2.75) is 81.2 Å². The summed E-state index contributed by atoms with van der Waals surface area (Å²) < 4.78 is 0. The fraction of sp³-hybridized carbons (Fsp3) is 1.00. The Hall–Kier alpha value is -0.0400. The molecule has 0 saturated heterocycles. The van der Waals surface area contributed by atoms with Crippen LogP contribution in [-0.4, -0.2) is 6.04 Å². The standard InChI is InChI=1S/C18H37N/c1-16(2,3)12-10-11-13(19)15(18(7,8)9)14(12)17(4,5)6/h12-15H,10-11,19H2,1-9H3. The molecule has 0 bridgehead atoms. The Balaban J connectivity index is 3.25. The summed E-state index contributed by atoms with van der Waals surface area (Å²) in [6, 6.07) is 0.364. The summed E-state index contributed by atoms with van der Waals surface area (Å²) in [4.78, 5) is 0. The van der Waals surface area contributed by atoms with Gasteiger partial charge in [0.1, 0.15) is 0 Å². The Morgan fingerprint density at radius 3 is 1.37 bits per heavy atom. The first kappa shape index (κ1) is 17.0. The highest BCUT2D eigenvalue weighted by molar-refractivity contribution is 5.01. The number of rotatable bonds is 0. The van der Waals surface area contributed by atoms with Crippen molar-refractivity contribution in [3.05, 3.63) is 0 Å². The van der Waals surface area contributed by atoms with Crippen LogP contribution in [0.3, 0.4) is 0 Å². The zero-order valence-electron chi connectivity index (χ0n) is 14.8. The van der Waals surface area contributed by atoms with Crippen LogP contribution in [-0.2, 0) is 0 Å². The topological polar surface area (TPSA) is 26.0 Å². The van der Waals surface area contributed by atoms with Crippen molar-refractivity contribution in [1.29, 1.82) is 0 Å². The third-order valence-corrected chi connectivity index (χ3v) is 5.21. The van der Waals surface area contributed by atoms with Gasteiger partial charge >= 0.3 is 0 Å². The van der Waals surface area contributed by atoms with E-state index < -0.39 is 0 Å². The number of hydrogen-bond acceptors (Lipinski definition) is 1. The van der Waals surface area contributed by atoms with Crippen molar-refractivity contribution in [1.82, 2.24) is 0 Å². The fourth-order valence-corrected chi connectivity index (χ4v) is 4.54. The van der Waals surface area contributed by atoms with Gasteiger partial charge in [0, 0.05) is 6.04 Å². The molecule has 1 nitrogen and oxygen atoms in total. The second-order valence-corrected chi connectivity index (χ2v) is 10.00. The van der Waals surface area contributed by atoms with E-state index in [1.165, 1.54) is 12.8 Å². The molecular weight excluding hydrogens is 230 g/mol. The van der Waals surface area contributed by atoms with E-state index in [1.807, 2.05) is 0 Å². The maximum absolute atomic E-state index is 6.56. The molecule has 0 radical (unpaired) electrons. The van der Waals surface area contributed by atoms with Gasteiger partial charge < -0.3 is 5.73 Å². The first-order chi connectivity index (χ1) is 8.26. The van der Waals surface area contributed by atoms with Gasteiger partial charge in [0.15, 0.2) is 0 Å². The number of hydrogen-bond donors (Lipinski definition) is 1. The Labute approximate surface area is 121 Å². The minimum absolute atomic E-state index is 0.293. The second-order valence-electron chi connectivity index (χ2n) is 10.00. The van der Waals surface area contributed by atoms with Gasteiger partial charge in [-0.3, -0.25) is 0 Å². The summed E-state index contributed by atoms with van der Waals surface area (Å²) in [6.07, 6.45) is 2.48. The third kappa shape index (κ3) is 3.74. The molecule has 1 heteroatoms. The Morgan fingerprint density at radius 2 is 1.05 bits per heavy atom. The molecule has 1 fully saturated rings. The molecule has 1 aliphatic rings. The molecule has 2 N–H and O–H groups in total. The molecule has 4 atom stereocenters. The predicted molar refractivity (Wildman–Crippen MR) is 86.0 cm³/mol. The van der Waals surface area contributed by atoms with E-state index in [-0.39, 0.29) is 0 Å². The first-order valence-corrected chi connectivity index (χ1v) is 8.02. The highest BCUT2D eigenvalue weighted by Gasteiger charge is 2.50. The van der Waals surface area contributed by atoms with E-state index in [2.05, 4.69) is 62.3 Å². The van der Waals surface area contributed by atoms with Crippen LogP contribution in [0.5, 0.6) is 0 Å². The van der Waals surface area contributed by atoms with Crippen molar-refractivity contribution in [2.75, 3.05) is 0 Å². The molecule has 1 rings (SSSR count). The fourth-order valence-electron chi connectivity index (χ4n) is 4.54. The van der Waals surface area contributed by atoms with E-state index in [1.54, 1.807) is 0 Å². The first-order valence-electron chi connectivity index (χ1n) is 8.02. The molecule has 4 unspecified atom stereocenters. The molecule has 1 saturated carbocycles. The Morgan fingerprint density at radius 1 is 0.632 bits per heavy atom. The van der Waals surface area contributed by atoms with Gasteiger partial charge in [-0.25, -0.2) is 0 Å². The highest BCUT2D eigenvalue weighted by atomic mass is 14.7. The summed E-state index contributed by atoms with van der Waals surface area (Å²) in [7, 11) is 0. The van der Waals surface area contributed by atoms with Crippen LogP contribution in [0, 0.1) is 34.0 Å². The lowest BCUT2D eigenvalue weighted by atomic mass is 9.50. The summed E-state index contributed by atoms with van der Waals surface area (Å²) in [5, 5.41) is 0. The molecule has 114 valence electrons. The van der Waals surface area contributed by atoms with Gasteiger partial charge in [-0.15, -0.1) is 0 Å². The quantitative estimate of drug-likeness (QED) is 0.649. The average molecular weight is 268 g/mol. The van der Waals surface area contributed by atoms with Crippen LogP contribution in [0.25, 0.3) is 0 Å². The van der Waals surface area contributed by atoms with Crippen molar-refractivity contribution in [3.8, 4) is 0 Å². The zero-order valence-corrected chi connectivity index (χ0v) is 14.8. The summed E-state index contributed by atoms with van der Waals surface area (Å²) in [5.74, 6) is 2.10. The van der Waals surface area contributed by atoms with E-state index in [0.717, 1.165) is 5.92 Å². The smallest absolute Gasteiger partial charge is 0.00752 e. The maximum atomic E-state index is 6.56. The van der Waals surface area contributed by atoms with Crippen molar-refractivity contribution in [2.24, 2.45) is 39.7 Å². The normalized spacial score (nSPS) is 34.4.